The van der Waals surface area contributed by atoms with Gasteiger partial charge in [0, 0.05) is 37.8 Å². The Hall–Kier alpha value is -2.97. The molecule has 1 aromatic heterocycles. The van der Waals surface area contributed by atoms with Crippen LogP contribution in [0.1, 0.15) is 39.7 Å². The van der Waals surface area contributed by atoms with Crippen LogP contribution in [0.2, 0.25) is 0 Å². The summed E-state index contributed by atoms with van der Waals surface area (Å²) < 4.78 is 36.5. The van der Waals surface area contributed by atoms with Crippen molar-refractivity contribution < 1.29 is 23.4 Å². The number of rotatable bonds is 5. The van der Waals surface area contributed by atoms with Gasteiger partial charge in [-0.3, -0.25) is 9.79 Å². The maximum Gasteiger partial charge on any atom is 0.511 e. The summed E-state index contributed by atoms with van der Waals surface area (Å²) in [5, 5.41) is 8.64. The molecular formula is C22H25F2N3O4. The molecule has 2 aliphatic rings. The lowest BCUT2D eigenvalue weighted by atomic mass is 9.97. The van der Waals surface area contributed by atoms with Crippen LogP contribution in [-0.4, -0.2) is 41.7 Å². The topological polar surface area (TPSA) is 84.1 Å². The summed E-state index contributed by atoms with van der Waals surface area (Å²) in [5.74, 6) is -1.92. The molecule has 2 fully saturated rings. The highest BCUT2D eigenvalue weighted by atomic mass is 19.1. The summed E-state index contributed by atoms with van der Waals surface area (Å²) in [5.41, 5.74) is -1.05. The number of benzene rings is 1. The van der Waals surface area contributed by atoms with Gasteiger partial charge in [-0.25, -0.2) is 13.6 Å². The number of pyridine rings is 1. The van der Waals surface area contributed by atoms with Crippen molar-refractivity contribution in [3.05, 3.63) is 34.1 Å². The van der Waals surface area contributed by atoms with Crippen molar-refractivity contribution in [2.45, 2.75) is 39.7 Å². The molecule has 0 radical (unpaired) electrons. The maximum absolute atomic E-state index is 15.5. The molecule has 1 saturated carbocycles. The molecule has 7 nitrogen and oxygen atoms in total. The van der Waals surface area contributed by atoms with Crippen LogP contribution in [0.4, 0.5) is 19.3 Å². The Balaban J connectivity index is 1.68. The monoisotopic (exact) mass is 433 g/mol. The number of fused-ring (bicyclic) bond motifs is 1. The third-order valence-electron chi connectivity index (χ3n) is 5.40. The number of anilines is 1. The summed E-state index contributed by atoms with van der Waals surface area (Å²) >= 11 is 0. The van der Waals surface area contributed by atoms with E-state index >= 15 is 4.39 Å². The van der Waals surface area contributed by atoms with Crippen LogP contribution < -0.4 is 15.1 Å². The highest BCUT2D eigenvalue weighted by Crippen LogP contribution is 2.41. The number of halogens is 2. The highest BCUT2D eigenvalue weighted by molar-refractivity contribution is 5.86. The molecule has 0 atom stereocenters. The van der Waals surface area contributed by atoms with E-state index in [-0.39, 0.29) is 34.0 Å². The number of carboxylic acid groups (broad SMARTS) is 1. The summed E-state index contributed by atoms with van der Waals surface area (Å²) in [4.78, 5) is 29.6. The molecule has 0 unspecified atom stereocenters. The van der Waals surface area contributed by atoms with Crippen LogP contribution in [-0.2, 0) is 0 Å². The maximum atomic E-state index is 15.5. The summed E-state index contributed by atoms with van der Waals surface area (Å²) in [6.45, 7) is 7.68. The predicted octanol–water partition coefficient (Wildman–Crippen LogP) is 4.22. The van der Waals surface area contributed by atoms with E-state index in [4.69, 9.17) is 5.11 Å². The molecule has 31 heavy (non-hydrogen) atoms. The first kappa shape index (κ1) is 21.3. The molecule has 166 valence electrons. The van der Waals surface area contributed by atoms with E-state index in [9.17, 15) is 14.0 Å². The fourth-order valence-corrected chi connectivity index (χ4v) is 3.85. The van der Waals surface area contributed by atoms with Gasteiger partial charge in [0.1, 0.15) is 11.5 Å². The average Bonchev–Trinajstić information content (AvgIpc) is 3.45. The van der Waals surface area contributed by atoms with Gasteiger partial charge >= 0.3 is 6.16 Å². The molecule has 1 aliphatic carbocycles. The van der Waals surface area contributed by atoms with E-state index in [0.717, 1.165) is 18.9 Å². The molecule has 9 heteroatoms. The van der Waals surface area contributed by atoms with Gasteiger partial charge in [-0.1, -0.05) is 20.8 Å². The molecule has 4 rings (SSSR count). The van der Waals surface area contributed by atoms with Gasteiger partial charge in [-0.15, -0.1) is 0 Å². The number of aliphatic imine (C=N–C) groups is 1. The van der Waals surface area contributed by atoms with Gasteiger partial charge in [0.2, 0.25) is 5.43 Å². The predicted molar refractivity (Wildman–Crippen MR) is 114 cm³/mol. The van der Waals surface area contributed by atoms with Crippen LogP contribution in [0, 0.1) is 23.0 Å². The van der Waals surface area contributed by atoms with Gasteiger partial charge < -0.3 is 19.3 Å². The molecule has 1 N–H and O–H groups in total. The standard InChI is InChI=1S/C22H25F2N3O4/c1-22(2,3)11-25-7-12-8-26(9-12)19-15(23)6-14-18(17(19)24)27(13-4-5-13)10-16(20(14)28)31-21(29)30/h6,10-13H,4-5,7-9H2,1-3H3,(H,29,30). The SMILES string of the molecule is CC(C)(C)C=NCC1CN(c2c(F)cc3c(=O)c(OC(=O)O)cn(C4CC4)c3c2F)C1. The van der Waals surface area contributed by atoms with Crippen LogP contribution >= 0.6 is 0 Å². The molecule has 0 spiro atoms. The fourth-order valence-electron chi connectivity index (χ4n) is 3.85. The van der Waals surface area contributed by atoms with Crippen molar-refractivity contribution in [3.63, 3.8) is 0 Å². The smallest absolute Gasteiger partial charge is 0.449 e. The van der Waals surface area contributed by atoms with Crippen LogP contribution in [0.3, 0.4) is 0 Å². The Morgan fingerprint density at radius 1 is 1.32 bits per heavy atom. The van der Waals surface area contributed by atoms with E-state index in [1.165, 1.54) is 10.8 Å². The van der Waals surface area contributed by atoms with Gasteiger partial charge in [-0.05, 0) is 24.3 Å². The highest BCUT2D eigenvalue weighted by Gasteiger charge is 2.34. The third-order valence-corrected chi connectivity index (χ3v) is 5.40. The van der Waals surface area contributed by atoms with E-state index in [0.29, 0.717) is 19.6 Å². The van der Waals surface area contributed by atoms with Crippen molar-refractivity contribution >= 4 is 29.0 Å². The molecule has 1 aliphatic heterocycles. The van der Waals surface area contributed by atoms with Crippen molar-refractivity contribution in [1.82, 2.24) is 4.57 Å². The van der Waals surface area contributed by atoms with Gasteiger partial charge in [0.15, 0.2) is 11.6 Å². The van der Waals surface area contributed by atoms with E-state index < -0.39 is 29.0 Å². The number of aromatic nitrogens is 1. The Morgan fingerprint density at radius 3 is 2.58 bits per heavy atom. The normalized spacial score (nSPS) is 17.4. The first-order valence-corrected chi connectivity index (χ1v) is 10.3. The summed E-state index contributed by atoms with van der Waals surface area (Å²) in [6.07, 6.45) is 2.96. The number of nitrogens with zero attached hydrogens (tertiary/aromatic N) is 3. The molecule has 1 saturated heterocycles. The van der Waals surface area contributed by atoms with E-state index in [1.54, 1.807) is 4.90 Å². The van der Waals surface area contributed by atoms with Gasteiger partial charge in [0.05, 0.1) is 17.1 Å². The number of hydrogen-bond acceptors (Lipinski definition) is 5. The van der Waals surface area contributed by atoms with Crippen molar-refractivity contribution in [3.8, 4) is 5.75 Å². The lowest BCUT2D eigenvalue weighted by molar-refractivity contribution is 0.143. The zero-order valence-corrected chi connectivity index (χ0v) is 17.7. The quantitative estimate of drug-likeness (QED) is 0.564. The minimum Gasteiger partial charge on any atom is -0.449 e. The lowest BCUT2D eigenvalue weighted by Gasteiger charge is -2.40. The van der Waals surface area contributed by atoms with Gasteiger partial charge in [-0.2, -0.15) is 0 Å². The van der Waals surface area contributed by atoms with E-state index in [1.807, 2.05) is 6.21 Å². The van der Waals surface area contributed by atoms with Crippen molar-refractivity contribution in [1.29, 1.82) is 0 Å². The second-order valence-corrected chi connectivity index (χ2v) is 9.38. The fraction of sp³-hybridized carbons (Fsp3) is 0.500. The largest absolute Gasteiger partial charge is 0.511 e. The zero-order valence-electron chi connectivity index (χ0n) is 17.7. The summed E-state index contributed by atoms with van der Waals surface area (Å²) in [7, 11) is 0. The lowest BCUT2D eigenvalue weighted by Crippen LogP contribution is -2.49. The number of carbonyl (C=O) groups is 1. The first-order chi connectivity index (χ1) is 14.5. The van der Waals surface area contributed by atoms with Crippen LogP contribution in [0.15, 0.2) is 22.1 Å². The molecule has 2 aromatic rings. The second-order valence-electron chi connectivity index (χ2n) is 9.38. The van der Waals surface area contributed by atoms with Gasteiger partial charge in [0.25, 0.3) is 0 Å². The molecule has 0 amide bonds. The van der Waals surface area contributed by atoms with Crippen molar-refractivity contribution in [2.24, 2.45) is 16.3 Å². The Labute approximate surface area is 177 Å². The Morgan fingerprint density at radius 2 is 2.00 bits per heavy atom. The van der Waals surface area contributed by atoms with E-state index in [2.05, 4.69) is 30.5 Å². The zero-order chi connectivity index (χ0) is 22.5. The Bertz CT molecular complexity index is 1130. The molecular weight excluding hydrogens is 408 g/mol. The molecule has 2 heterocycles. The first-order valence-electron chi connectivity index (χ1n) is 10.3. The van der Waals surface area contributed by atoms with Crippen molar-refractivity contribution in [2.75, 3.05) is 24.5 Å². The molecule has 0 bridgehead atoms. The van der Waals surface area contributed by atoms with Crippen LogP contribution in [0.5, 0.6) is 5.75 Å². The Kier molecular flexibility index (Phi) is 5.23. The number of hydrogen-bond donors (Lipinski definition) is 1. The minimum absolute atomic E-state index is 0.0177. The summed E-state index contributed by atoms with van der Waals surface area (Å²) in [6, 6.07) is 0.900. The second kappa shape index (κ2) is 7.62. The van der Waals surface area contributed by atoms with Crippen LogP contribution in [0.25, 0.3) is 10.9 Å². The average molecular weight is 433 g/mol. The third kappa shape index (κ3) is 4.26. The number of ether oxygens (including phenoxy) is 1. The molecule has 1 aromatic carbocycles. The minimum atomic E-state index is -1.66.